The SMILES string of the molecule is O=C1CN(C(=O)Nc2cccnc2)C(C(=O)O)CN1. The first kappa shape index (κ1) is 12.8. The van der Waals surface area contributed by atoms with Crippen molar-refractivity contribution in [3.05, 3.63) is 24.5 Å². The van der Waals surface area contributed by atoms with Crippen LogP contribution in [0.4, 0.5) is 10.5 Å². The zero-order valence-electron chi connectivity index (χ0n) is 9.87. The predicted molar refractivity (Wildman–Crippen MR) is 64.4 cm³/mol. The molecule has 0 spiro atoms. The summed E-state index contributed by atoms with van der Waals surface area (Å²) in [6, 6.07) is 1.53. The van der Waals surface area contributed by atoms with Crippen LogP contribution < -0.4 is 10.6 Å². The highest BCUT2D eigenvalue weighted by atomic mass is 16.4. The van der Waals surface area contributed by atoms with Gasteiger partial charge in [0.25, 0.3) is 0 Å². The fourth-order valence-electron chi connectivity index (χ4n) is 1.71. The van der Waals surface area contributed by atoms with Crippen molar-refractivity contribution in [3.8, 4) is 0 Å². The number of carbonyl (C=O) groups is 3. The van der Waals surface area contributed by atoms with Crippen LogP contribution in [0.1, 0.15) is 0 Å². The van der Waals surface area contributed by atoms with Crippen molar-refractivity contribution in [2.45, 2.75) is 6.04 Å². The summed E-state index contributed by atoms with van der Waals surface area (Å²) in [4.78, 5) is 39.1. The Kier molecular flexibility index (Phi) is 3.60. The zero-order chi connectivity index (χ0) is 13.8. The Morgan fingerprint density at radius 2 is 2.32 bits per heavy atom. The number of nitrogens with one attached hydrogen (secondary N) is 2. The van der Waals surface area contributed by atoms with Crippen LogP contribution in [-0.2, 0) is 9.59 Å². The molecule has 0 saturated carbocycles. The molecule has 1 saturated heterocycles. The third-order valence-corrected chi connectivity index (χ3v) is 2.64. The van der Waals surface area contributed by atoms with Crippen molar-refractivity contribution < 1.29 is 19.5 Å². The predicted octanol–water partition coefficient (Wildman–Crippen LogP) is -0.501. The van der Waals surface area contributed by atoms with Crippen molar-refractivity contribution in [2.24, 2.45) is 0 Å². The standard InChI is InChI=1S/C11H12N4O4/c16-9-6-15(8(5-13-9)10(17)18)11(19)14-7-2-1-3-12-4-7/h1-4,8H,5-6H2,(H,13,16)(H,14,19)(H,17,18). The van der Waals surface area contributed by atoms with E-state index in [1.807, 2.05) is 0 Å². The van der Waals surface area contributed by atoms with Gasteiger partial charge in [0.15, 0.2) is 0 Å². The molecule has 0 radical (unpaired) electrons. The first-order valence-electron chi connectivity index (χ1n) is 5.55. The Bertz CT molecular complexity index is 505. The van der Waals surface area contributed by atoms with E-state index >= 15 is 0 Å². The minimum absolute atomic E-state index is 0.103. The van der Waals surface area contributed by atoms with Gasteiger partial charge in [-0.15, -0.1) is 0 Å². The van der Waals surface area contributed by atoms with E-state index in [-0.39, 0.29) is 19.0 Å². The van der Waals surface area contributed by atoms with Gasteiger partial charge in [0.1, 0.15) is 12.6 Å². The number of rotatable bonds is 2. The van der Waals surface area contributed by atoms with Crippen LogP contribution >= 0.6 is 0 Å². The van der Waals surface area contributed by atoms with Crippen LogP contribution in [0.25, 0.3) is 0 Å². The van der Waals surface area contributed by atoms with E-state index in [2.05, 4.69) is 15.6 Å². The Morgan fingerprint density at radius 1 is 1.53 bits per heavy atom. The van der Waals surface area contributed by atoms with Gasteiger partial charge in [-0.2, -0.15) is 0 Å². The van der Waals surface area contributed by atoms with E-state index in [1.165, 1.54) is 6.20 Å². The average molecular weight is 264 g/mol. The van der Waals surface area contributed by atoms with E-state index < -0.39 is 18.0 Å². The van der Waals surface area contributed by atoms with Gasteiger partial charge in [0.2, 0.25) is 5.91 Å². The molecule has 1 atom stereocenters. The normalized spacial score (nSPS) is 18.6. The minimum Gasteiger partial charge on any atom is -0.480 e. The van der Waals surface area contributed by atoms with Gasteiger partial charge < -0.3 is 15.7 Å². The molecule has 8 heteroatoms. The number of urea groups is 1. The fraction of sp³-hybridized carbons (Fsp3) is 0.273. The number of aromatic nitrogens is 1. The zero-order valence-corrected chi connectivity index (χ0v) is 9.87. The molecule has 2 heterocycles. The molecule has 8 nitrogen and oxygen atoms in total. The number of piperazine rings is 1. The lowest BCUT2D eigenvalue weighted by Gasteiger charge is -2.32. The van der Waals surface area contributed by atoms with Gasteiger partial charge in [-0.05, 0) is 12.1 Å². The lowest BCUT2D eigenvalue weighted by Crippen LogP contribution is -2.60. The summed E-state index contributed by atoms with van der Waals surface area (Å²) in [6.07, 6.45) is 2.97. The highest BCUT2D eigenvalue weighted by Crippen LogP contribution is 2.09. The first-order valence-corrected chi connectivity index (χ1v) is 5.55. The molecule has 3 N–H and O–H groups in total. The summed E-state index contributed by atoms with van der Waals surface area (Å²) in [5.74, 6) is -1.56. The first-order chi connectivity index (χ1) is 9.08. The summed E-state index contributed by atoms with van der Waals surface area (Å²) in [7, 11) is 0. The summed E-state index contributed by atoms with van der Waals surface area (Å²) in [5, 5.41) is 13.9. The third kappa shape index (κ3) is 2.97. The van der Waals surface area contributed by atoms with E-state index in [1.54, 1.807) is 18.3 Å². The fourth-order valence-corrected chi connectivity index (χ4v) is 1.71. The molecule has 1 aliphatic rings. The molecule has 1 fully saturated rings. The Morgan fingerprint density at radius 3 is 2.95 bits per heavy atom. The molecule has 1 unspecified atom stereocenters. The summed E-state index contributed by atoms with van der Waals surface area (Å²) in [6.45, 7) is -0.391. The molecular formula is C11H12N4O4. The van der Waals surface area contributed by atoms with E-state index in [9.17, 15) is 14.4 Å². The van der Waals surface area contributed by atoms with Crippen LogP contribution in [0, 0.1) is 0 Å². The number of anilines is 1. The third-order valence-electron chi connectivity index (χ3n) is 2.64. The molecule has 1 aromatic rings. The van der Waals surface area contributed by atoms with Crippen molar-refractivity contribution in [3.63, 3.8) is 0 Å². The second-order valence-corrected chi connectivity index (χ2v) is 3.96. The van der Waals surface area contributed by atoms with Gasteiger partial charge in [-0.1, -0.05) is 0 Å². The second kappa shape index (κ2) is 5.34. The van der Waals surface area contributed by atoms with Gasteiger partial charge in [0.05, 0.1) is 11.9 Å². The molecule has 1 aliphatic heterocycles. The maximum atomic E-state index is 12.0. The number of carboxylic acids is 1. The molecule has 2 rings (SSSR count). The van der Waals surface area contributed by atoms with Crippen LogP contribution in [0.15, 0.2) is 24.5 Å². The molecule has 0 bridgehead atoms. The molecule has 3 amide bonds. The molecule has 0 aromatic carbocycles. The summed E-state index contributed by atoms with van der Waals surface area (Å²) in [5.41, 5.74) is 0.433. The van der Waals surface area contributed by atoms with Crippen LogP contribution in [0.5, 0.6) is 0 Å². The van der Waals surface area contributed by atoms with E-state index in [4.69, 9.17) is 5.11 Å². The Labute approximate surface area is 108 Å². The highest BCUT2D eigenvalue weighted by molar-refractivity contribution is 5.96. The van der Waals surface area contributed by atoms with Crippen LogP contribution in [0.2, 0.25) is 0 Å². The largest absolute Gasteiger partial charge is 0.480 e. The second-order valence-electron chi connectivity index (χ2n) is 3.96. The smallest absolute Gasteiger partial charge is 0.328 e. The number of amides is 3. The topological polar surface area (TPSA) is 112 Å². The van der Waals surface area contributed by atoms with Gasteiger partial charge in [0, 0.05) is 12.7 Å². The quantitative estimate of drug-likeness (QED) is 0.666. The molecule has 1 aromatic heterocycles. The number of nitrogens with zero attached hydrogens (tertiary/aromatic N) is 2. The number of carboxylic acid groups (broad SMARTS) is 1. The lowest BCUT2D eigenvalue weighted by atomic mass is 10.2. The summed E-state index contributed by atoms with van der Waals surface area (Å²) < 4.78 is 0. The van der Waals surface area contributed by atoms with Crippen molar-refractivity contribution in [2.75, 3.05) is 18.4 Å². The van der Waals surface area contributed by atoms with Gasteiger partial charge >= 0.3 is 12.0 Å². The van der Waals surface area contributed by atoms with Gasteiger partial charge in [-0.25, -0.2) is 9.59 Å². The maximum Gasteiger partial charge on any atom is 0.328 e. The Balaban J connectivity index is 2.11. The van der Waals surface area contributed by atoms with Crippen molar-refractivity contribution in [1.82, 2.24) is 15.2 Å². The van der Waals surface area contributed by atoms with E-state index in [0.717, 1.165) is 4.90 Å². The van der Waals surface area contributed by atoms with Crippen molar-refractivity contribution in [1.29, 1.82) is 0 Å². The summed E-state index contributed by atoms with van der Waals surface area (Å²) >= 11 is 0. The van der Waals surface area contributed by atoms with E-state index in [0.29, 0.717) is 5.69 Å². The van der Waals surface area contributed by atoms with Gasteiger partial charge in [-0.3, -0.25) is 14.7 Å². The average Bonchev–Trinajstić information content (AvgIpc) is 2.39. The lowest BCUT2D eigenvalue weighted by molar-refractivity contribution is -0.144. The monoisotopic (exact) mass is 264 g/mol. The number of hydrogen-bond acceptors (Lipinski definition) is 4. The van der Waals surface area contributed by atoms with Crippen molar-refractivity contribution >= 4 is 23.6 Å². The number of carbonyl (C=O) groups excluding carboxylic acids is 2. The number of pyridine rings is 1. The molecular weight excluding hydrogens is 252 g/mol. The van der Waals surface area contributed by atoms with Crippen LogP contribution in [-0.4, -0.2) is 52.0 Å². The molecule has 100 valence electrons. The molecule has 19 heavy (non-hydrogen) atoms. The van der Waals surface area contributed by atoms with Crippen LogP contribution in [0.3, 0.4) is 0 Å². The number of aliphatic carboxylic acids is 1. The Hall–Kier alpha value is -2.64. The minimum atomic E-state index is -1.17. The molecule has 0 aliphatic carbocycles. The number of hydrogen-bond donors (Lipinski definition) is 3. The maximum absolute atomic E-state index is 12.0. The highest BCUT2D eigenvalue weighted by Gasteiger charge is 2.35.